The maximum Gasteiger partial charge on any atom is 0.251 e. The van der Waals surface area contributed by atoms with Gasteiger partial charge in [0, 0.05) is 24.4 Å². The molecule has 27 heavy (non-hydrogen) atoms. The highest BCUT2D eigenvalue weighted by Gasteiger charge is 2.15. The Morgan fingerprint density at radius 2 is 1.63 bits per heavy atom. The van der Waals surface area contributed by atoms with Gasteiger partial charge in [0.05, 0.1) is 0 Å². The second-order valence-electron chi connectivity index (χ2n) is 5.49. The summed E-state index contributed by atoms with van der Waals surface area (Å²) in [5.74, 6) is -5.11. The number of carbonyl (C=O) groups is 1. The van der Waals surface area contributed by atoms with Gasteiger partial charge in [-0.15, -0.1) is 0 Å². The third-order valence-corrected chi connectivity index (χ3v) is 3.53. The van der Waals surface area contributed by atoms with Crippen molar-refractivity contribution < 1.29 is 27.1 Å². The molecule has 1 heterocycles. The van der Waals surface area contributed by atoms with Gasteiger partial charge in [0.15, 0.2) is 17.5 Å². The maximum atomic E-state index is 13.2. The molecule has 3 aromatic rings. The van der Waals surface area contributed by atoms with E-state index in [1.165, 1.54) is 36.5 Å². The van der Waals surface area contributed by atoms with E-state index < -0.39 is 29.2 Å². The highest BCUT2D eigenvalue weighted by molar-refractivity contribution is 5.94. The Labute approximate surface area is 151 Å². The second kappa shape index (κ2) is 7.86. The van der Waals surface area contributed by atoms with Crippen LogP contribution in [-0.4, -0.2) is 10.9 Å². The molecule has 0 fully saturated rings. The van der Waals surface area contributed by atoms with Crippen molar-refractivity contribution >= 4 is 5.91 Å². The normalized spacial score (nSPS) is 10.5. The topological polar surface area (TPSA) is 51.2 Å². The highest BCUT2D eigenvalue weighted by atomic mass is 19.2. The summed E-state index contributed by atoms with van der Waals surface area (Å²) in [6.45, 7) is 0.0156. The van der Waals surface area contributed by atoms with Crippen LogP contribution in [0.25, 0.3) is 0 Å². The van der Waals surface area contributed by atoms with Crippen LogP contribution in [0.3, 0.4) is 0 Å². The molecular formula is C19H12F4N2O2. The Bertz CT molecular complexity index is 955. The zero-order valence-electron chi connectivity index (χ0n) is 13.7. The van der Waals surface area contributed by atoms with Crippen LogP contribution in [0.2, 0.25) is 0 Å². The first kappa shape index (κ1) is 18.4. The van der Waals surface area contributed by atoms with Gasteiger partial charge in [-0.05, 0) is 48.0 Å². The molecule has 1 amide bonds. The lowest BCUT2D eigenvalue weighted by Crippen LogP contribution is -2.23. The largest absolute Gasteiger partial charge is 0.439 e. The predicted molar refractivity (Wildman–Crippen MR) is 88.2 cm³/mol. The number of halogens is 4. The summed E-state index contributed by atoms with van der Waals surface area (Å²) in [7, 11) is 0. The zero-order valence-corrected chi connectivity index (χ0v) is 13.7. The number of benzene rings is 2. The number of pyridine rings is 1. The Balaban J connectivity index is 1.66. The van der Waals surface area contributed by atoms with Crippen LogP contribution in [0.15, 0.2) is 54.7 Å². The number of nitrogens with zero attached hydrogens (tertiary/aromatic N) is 1. The molecule has 0 radical (unpaired) electrons. The first-order chi connectivity index (χ1) is 12.9. The van der Waals surface area contributed by atoms with Gasteiger partial charge in [0.1, 0.15) is 11.6 Å². The molecule has 138 valence electrons. The van der Waals surface area contributed by atoms with Gasteiger partial charge < -0.3 is 10.1 Å². The predicted octanol–water partition coefficient (Wildman–Crippen LogP) is 4.36. The zero-order chi connectivity index (χ0) is 19.4. The molecule has 4 nitrogen and oxygen atoms in total. The van der Waals surface area contributed by atoms with Crippen molar-refractivity contribution in [2.24, 2.45) is 0 Å². The number of nitrogens with one attached hydrogen (secondary N) is 1. The average Bonchev–Trinajstić information content (AvgIpc) is 2.66. The van der Waals surface area contributed by atoms with Crippen LogP contribution in [-0.2, 0) is 6.54 Å². The van der Waals surface area contributed by atoms with E-state index in [0.717, 1.165) is 0 Å². The van der Waals surface area contributed by atoms with E-state index in [1.54, 1.807) is 6.07 Å². The van der Waals surface area contributed by atoms with E-state index in [1.807, 2.05) is 0 Å². The number of aromatic nitrogens is 1. The minimum atomic E-state index is -1.64. The fourth-order valence-electron chi connectivity index (χ4n) is 2.21. The van der Waals surface area contributed by atoms with E-state index >= 15 is 0 Å². The van der Waals surface area contributed by atoms with Crippen molar-refractivity contribution in [3.63, 3.8) is 0 Å². The minimum Gasteiger partial charge on any atom is -0.439 e. The number of carbonyl (C=O) groups excluding carboxylic acids is 1. The molecule has 1 N–H and O–H groups in total. The number of hydrogen-bond acceptors (Lipinski definition) is 3. The Hall–Kier alpha value is -3.42. The van der Waals surface area contributed by atoms with Crippen LogP contribution in [0.1, 0.15) is 15.9 Å². The monoisotopic (exact) mass is 376 g/mol. The molecule has 0 atom stereocenters. The molecule has 0 aliphatic rings. The molecule has 0 saturated heterocycles. The lowest BCUT2D eigenvalue weighted by molar-refractivity contribution is 0.0949. The van der Waals surface area contributed by atoms with Crippen LogP contribution < -0.4 is 10.1 Å². The van der Waals surface area contributed by atoms with Crippen molar-refractivity contribution in [3.8, 4) is 11.6 Å². The molecule has 0 unspecified atom stereocenters. The molecule has 1 aromatic heterocycles. The van der Waals surface area contributed by atoms with Crippen LogP contribution in [0.5, 0.6) is 11.6 Å². The Morgan fingerprint density at radius 3 is 2.30 bits per heavy atom. The van der Waals surface area contributed by atoms with Crippen molar-refractivity contribution in [1.82, 2.24) is 10.3 Å². The summed E-state index contributed by atoms with van der Waals surface area (Å²) in [6.07, 6.45) is 1.44. The SMILES string of the molecule is O=C(NCc1ccnc(Oc2ccc(F)cc2)c1)c1cc(F)c(F)c(F)c1. The van der Waals surface area contributed by atoms with E-state index in [4.69, 9.17) is 4.74 Å². The number of rotatable bonds is 5. The number of ether oxygens (including phenoxy) is 1. The van der Waals surface area contributed by atoms with Gasteiger partial charge in [-0.1, -0.05) is 0 Å². The van der Waals surface area contributed by atoms with Crippen molar-refractivity contribution in [3.05, 3.63) is 89.1 Å². The lowest BCUT2D eigenvalue weighted by atomic mass is 10.2. The van der Waals surface area contributed by atoms with Crippen molar-refractivity contribution in [2.45, 2.75) is 6.54 Å². The first-order valence-electron chi connectivity index (χ1n) is 7.73. The van der Waals surface area contributed by atoms with Crippen molar-refractivity contribution in [2.75, 3.05) is 0 Å². The van der Waals surface area contributed by atoms with Crippen LogP contribution in [0.4, 0.5) is 17.6 Å². The van der Waals surface area contributed by atoms with E-state index in [2.05, 4.69) is 10.3 Å². The summed E-state index contributed by atoms with van der Waals surface area (Å²) < 4.78 is 57.7. The average molecular weight is 376 g/mol. The molecule has 0 aliphatic carbocycles. The second-order valence-corrected chi connectivity index (χ2v) is 5.49. The molecule has 0 aliphatic heterocycles. The van der Waals surface area contributed by atoms with Gasteiger partial charge in [-0.2, -0.15) is 0 Å². The molecular weight excluding hydrogens is 364 g/mol. The summed E-state index contributed by atoms with van der Waals surface area (Å²) in [5.41, 5.74) is 0.252. The van der Waals surface area contributed by atoms with Crippen LogP contribution in [0, 0.1) is 23.3 Å². The van der Waals surface area contributed by atoms with Gasteiger partial charge in [0.25, 0.3) is 5.91 Å². The lowest BCUT2D eigenvalue weighted by Gasteiger charge is -2.08. The minimum absolute atomic E-state index is 0.0156. The highest BCUT2D eigenvalue weighted by Crippen LogP contribution is 2.20. The summed E-state index contributed by atoms with van der Waals surface area (Å²) in [6, 6.07) is 9.71. The van der Waals surface area contributed by atoms with E-state index in [0.29, 0.717) is 23.4 Å². The third kappa shape index (κ3) is 4.60. The fraction of sp³-hybridized carbons (Fsp3) is 0.0526. The van der Waals surface area contributed by atoms with E-state index in [9.17, 15) is 22.4 Å². The Morgan fingerprint density at radius 1 is 0.963 bits per heavy atom. The molecule has 0 bridgehead atoms. The van der Waals surface area contributed by atoms with Gasteiger partial charge in [-0.3, -0.25) is 4.79 Å². The smallest absolute Gasteiger partial charge is 0.251 e. The molecule has 8 heteroatoms. The molecule has 3 rings (SSSR count). The van der Waals surface area contributed by atoms with Crippen LogP contribution >= 0.6 is 0 Å². The van der Waals surface area contributed by atoms with Crippen molar-refractivity contribution in [1.29, 1.82) is 0 Å². The maximum absolute atomic E-state index is 13.2. The molecule has 0 saturated carbocycles. The summed E-state index contributed by atoms with van der Waals surface area (Å²) in [4.78, 5) is 16.0. The van der Waals surface area contributed by atoms with Gasteiger partial charge in [-0.25, -0.2) is 22.5 Å². The van der Waals surface area contributed by atoms with E-state index in [-0.39, 0.29) is 18.0 Å². The molecule has 0 spiro atoms. The quantitative estimate of drug-likeness (QED) is 0.532. The Kier molecular flexibility index (Phi) is 5.35. The first-order valence-corrected chi connectivity index (χ1v) is 7.73. The fourth-order valence-corrected chi connectivity index (χ4v) is 2.21. The third-order valence-electron chi connectivity index (χ3n) is 3.53. The standard InChI is InChI=1S/C19H12F4N2O2/c20-13-1-3-14(4-2-13)27-17-7-11(5-6-24-17)10-25-19(26)12-8-15(21)18(23)16(22)9-12/h1-9H,10H2,(H,25,26). The summed E-state index contributed by atoms with van der Waals surface area (Å²) in [5, 5.41) is 2.46. The summed E-state index contributed by atoms with van der Waals surface area (Å²) >= 11 is 0. The number of amides is 1. The number of hydrogen-bond donors (Lipinski definition) is 1. The van der Waals surface area contributed by atoms with Gasteiger partial charge >= 0.3 is 0 Å². The van der Waals surface area contributed by atoms with Gasteiger partial charge in [0.2, 0.25) is 5.88 Å². The molecule has 2 aromatic carbocycles.